The predicted octanol–water partition coefficient (Wildman–Crippen LogP) is 3.02. The highest BCUT2D eigenvalue weighted by atomic mass is 16.5. The first-order chi connectivity index (χ1) is 10.4. The fraction of sp³-hybridized carbons (Fsp3) is 0.176. The molecule has 1 N–H and O–H groups in total. The van der Waals surface area contributed by atoms with Gasteiger partial charge in [-0.1, -0.05) is 48.5 Å². The third-order valence-corrected chi connectivity index (χ3v) is 3.13. The van der Waals surface area contributed by atoms with Crippen LogP contribution >= 0.6 is 0 Å². The summed E-state index contributed by atoms with van der Waals surface area (Å²) in [6.45, 7) is 0.576. The molecular weight excluding hydrogens is 262 g/mol. The molecule has 0 atom stereocenters. The molecule has 2 aromatic carbocycles. The Hall–Kier alpha value is -2.62. The lowest BCUT2D eigenvalue weighted by atomic mass is 10.1. The van der Waals surface area contributed by atoms with Crippen LogP contribution in [-0.4, -0.2) is 21.8 Å². The molecule has 4 nitrogen and oxygen atoms in total. The minimum absolute atomic E-state index is 0.576. The first-order valence-electron chi connectivity index (χ1n) is 7.02. The zero-order valence-electron chi connectivity index (χ0n) is 11.7. The Morgan fingerprint density at radius 2 is 1.62 bits per heavy atom. The number of rotatable bonds is 6. The van der Waals surface area contributed by atoms with E-state index in [1.807, 2.05) is 48.5 Å². The van der Waals surface area contributed by atoms with Gasteiger partial charge in [0.05, 0.1) is 6.61 Å². The number of nitrogens with one attached hydrogen (secondary N) is 1. The quantitative estimate of drug-likeness (QED) is 0.754. The number of H-pyrrole nitrogens is 1. The normalized spacial score (nSPS) is 10.5. The molecular formula is C17H17N3O. The summed E-state index contributed by atoms with van der Waals surface area (Å²) in [5, 5.41) is 7.21. The fourth-order valence-electron chi connectivity index (χ4n) is 2.09. The Morgan fingerprint density at radius 1 is 0.905 bits per heavy atom. The second-order valence-corrected chi connectivity index (χ2v) is 4.77. The van der Waals surface area contributed by atoms with Crippen molar-refractivity contribution >= 4 is 0 Å². The van der Waals surface area contributed by atoms with Crippen LogP contribution < -0.4 is 4.74 Å². The van der Waals surface area contributed by atoms with Gasteiger partial charge in [-0.05, 0) is 17.7 Å². The van der Waals surface area contributed by atoms with Gasteiger partial charge in [-0.2, -0.15) is 5.10 Å². The minimum Gasteiger partial charge on any atom is -0.493 e. The Bertz CT molecular complexity index is 665. The van der Waals surface area contributed by atoms with Crippen molar-refractivity contribution in [2.75, 3.05) is 6.61 Å². The van der Waals surface area contributed by atoms with E-state index in [4.69, 9.17) is 4.74 Å². The van der Waals surface area contributed by atoms with Crippen LogP contribution in [0.4, 0.5) is 0 Å². The van der Waals surface area contributed by atoms with Crippen molar-refractivity contribution in [1.82, 2.24) is 15.2 Å². The van der Waals surface area contributed by atoms with Crippen LogP contribution in [0.2, 0.25) is 0 Å². The first-order valence-corrected chi connectivity index (χ1v) is 7.02. The zero-order valence-corrected chi connectivity index (χ0v) is 11.7. The SMILES string of the molecule is c1ccc(Cc2nc(CCOc3ccccc3)n[nH]2)cc1. The summed E-state index contributed by atoms with van der Waals surface area (Å²) < 4.78 is 5.64. The maximum atomic E-state index is 5.64. The van der Waals surface area contributed by atoms with Crippen LogP contribution in [-0.2, 0) is 12.8 Å². The molecule has 1 heterocycles. The van der Waals surface area contributed by atoms with E-state index in [9.17, 15) is 0 Å². The van der Waals surface area contributed by atoms with Gasteiger partial charge in [0, 0.05) is 12.8 Å². The molecule has 21 heavy (non-hydrogen) atoms. The minimum atomic E-state index is 0.576. The number of aromatic nitrogens is 3. The van der Waals surface area contributed by atoms with Gasteiger partial charge in [0.2, 0.25) is 0 Å². The molecule has 0 spiro atoms. The number of para-hydroxylation sites is 1. The third-order valence-electron chi connectivity index (χ3n) is 3.13. The first kappa shape index (κ1) is 13.4. The lowest BCUT2D eigenvalue weighted by Gasteiger charge is -2.03. The number of nitrogens with zero attached hydrogens (tertiary/aromatic N) is 2. The van der Waals surface area contributed by atoms with E-state index in [-0.39, 0.29) is 0 Å². The van der Waals surface area contributed by atoms with Gasteiger partial charge in [0.1, 0.15) is 11.6 Å². The van der Waals surface area contributed by atoms with Gasteiger partial charge in [-0.25, -0.2) is 4.98 Å². The Morgan fingerprint density at radius 3 is 2.38 bits per heavy atom. The topological polar surface area (TPSA) is 50.8 Å². The van der Waals surface area contributed by atoms with Gasteiger partial charge in [-0.3, -0.25) is 5.10 Å². The average Bonchev–Trinajstić information content (AvgIpc) is 2.97. The molecule has 0 aliphatic carbocycles. The fourth-order valence-corrected chi connectivity index (χ4v) is 2.09. The van der Waals surface area contributed by atoms with Crippen LogP contribution in [0.1, 0.15) is 17.2 Å². The van der Waals surface area contributed by atoms with E-state index < -0.39 is 0 Å². The molecule has 0 fully saturated rings. The number of ether oxygens (including phenoxy) is 1. The number of hydrogen-bond acceptors (Lipinski definition) is 3. The Labute approximate surface area is 123 Å². The highest BCUT2D eigenvalue weighted by molar-refractivity contribution is 5.21. The molecule has 0 bridgehead atoms. The van der Waals surface area contributed by atoms with E-state index in [1.165, 1.54) is 5.56 Å². The van der Waals surface area contributed by atoms with Crippen LogP contribution in [0.25, 0.3) is 0 Å². The molecule has 3 rings (SSSR count). The highest BCUT2D eigenvalue weighted by Gasteiger charge is 2.04. The monoisotopic (exact) mass is 279 g/mol. The maximum Gasteiger partial charge on any atom is 0.154 e. The van der Waals surface area contributed by atoms with Crippen LogP contribution in [0.3, 0.4) is 0 Å². The molecule has 0 saturated heterocycles. The van der Waals surface area contributed by atoms with Crippen molar-refractivity contribution in [3.05, 3.63) is 77.9 Å². The summed E-state index contributed by atoms with van der Waals surface area (Å²) in [6.07, 6.45) is 1.47. The second kappa shape index (κ2) is 6.70. The molecule has 4 heteroatoms. The molecule has 3 aromatic rings. The lowest BCUT2D eigenvalue weighted by Crippen LogP contribution is -2.02. The summed E-state index contributed by atoms with van der Waals surface area (Å²) in [5.74, 6) is 2.55. The van der Waals surface area contributed by atoms with Crippen molar-refractivity contribution in [1.29, 1.82) is 0 Å². The van der Waals surface area contributed by atoms with Gasteiger partial charge >= 0.3 is 0 Å². The van der Waals surface area contributed by atoms with Crippen LogP contribution in [0.15, 0.2) is 60.7 Å². The van der Waals surface area contributed by atoms with Crippen molar-refractivity contribution < 1.29 is 4.74 Å². The van der Waals surface area contributed by atoms with E-state index >= 15 is 0 Å². The molecule has 0 amide bonds. The van der Waals surface area contributed by atoms with Crippen molar-refractivity contribution in [3.8, 4) is 5.75 Å². The number of benzene rings is 2. The maximum absolute atomic E-state index is 5.64. The van der Waals surface area contributed by atoms with Crippen LogP contribution in [0, 0.1) is 0 Å². The van der Waals surface area contributed by atoms with E-state index in [0.717, 1.165) is 23.8 Å². The molecule has 106 valence electrons. The standard InChI is InChI=1S/C17H17N3O/c1-3-7-14(8-4-1)13-17-18-16(19-20-17)11-12-21-15-9-5-2-6-10-15/h1-10H,11-13H2,(H,18,19,20). The van der Waals surface area contributed by atoms with Gasteiger partial charge in [0.25, 0.3) is 0 Å². The molecule has 0 aliphatic rings. The second-order valence-electron chi connectivity index (χ2n) is 4.77. The molecule has 0 unspecified atom stereocenters. The van der Waals surface area contributed by atoms with Crippen molar-refractivity contribution in [3.63, 3.8) is 0 Å². The predicted molar refractivity (Wildman–Crippen MR) is 81.3 cm³/mol. The third kappa shape index (κ3) is 3.92. The summed E-state index contributed by atoms with van der Waals surface area (Å²) >= 11 is 0. The average molecular weight is 279 g/mol. The summed E-state index contributed by atoms with van der Waals surface area (Å²) in [6, 6.07) is 20.0. The zero-order chi connectivity index (χ0) is 14.3. The van der Waals surface area contributed by atoms with Crippen molar-refractivity contribution in [2.24, 2.45) is 0 Å². The van der Waals surface area contributed by atoms with Crippen LogP contribution in [0.5, 0.6) is 5.75 Å². The molecule has 0 aliphatic heterocycles. The van der Waals surface area contributed by atoms with Gasteiger partial charge in [0.15, 0.2) is 5.82 Å². The largest absolute Gasteiger partial charge is 0.493 e. The smallest absolute Gasteiger partial charge is 0.154 e. The van der Waals surface area contributed by atoms with E-state index in [0.29, 0.717) is 13.0 Å². The van der Waals surface area contributed by atoms with Gasteiger partial charge < -0.3 is 4.74 Å². The number of aromatic amines is 1. The molecule has 0 saturated carbocycles. The number of hydrogen-bond donors (Lipinski definition) is 1. The summed E-state index contributed by atoms with van der Waals surface area (Å²) in [4.78, 5) is 4.49. The van der Waals surface area contributed by atoms with E-state index in [1.54, 1.807) is 0 Å². The molecule has 1 aromatic heterocycles. The summed E-state index contributed by atoms with van der Waals surface area (Å²) in [7, 11) is 0. The Balaban J connectivity index is 1.51. The lowest BCUT2D eigenvalue weighted by molar-refractivity contribution is 0.319. The van der Waals surface area contributed by atoms with Crippen molar-refractivity contribution in [2.45, 2.75) is 12.8 Å². The van der Waals surface area contributed by atoms with E-state index in [2.05, 4.69) is 27.3 Å². The summed E-state index contributed by atoms with van der Waals surface area (Å²) in [5.41, 5.74) is 1.22. The highest BCUT2D eigenvalue weighted by Crippen LogP contribution is 2.09. The molecule has 0 radical (unpaired) electrons. The van der Waals surface area contributed by atoms with Gasteiger partial charge in [-0.15, -0.1) is 0 Å². The Kier molecular flexibility index (Phi) is 4.27.